The van der Waals surface area contributed by atoms with Gasteiger partial charge in [0.05, 0.1) is 11.7 Å². The highest BCUT2D eigenvalue weighted by Crippen LogP contribution is 2.30. The van der Waals surface area contributed by atoms with Crippen molar-refractivity contribution < 1.29 is 0 Å². The van der Waals surface area contributed by atoms with Crippen molar-refractivity contribution in [2.45, 2.75) is 25.9 Å². The Kier molecular flexibility index (Phi) is 5.15. The van der Waals surface area contributed by atoms with Gasteiger partial charge in [0, 0.05) is 21.7 Å². The number of halogens is 2. The van der Waals surface area contributed by atoms with Crippen molar-refractivity contribution in [3.8, 4) is 0 Å². The van der Waals surface area contributed by atoms with E-state index in [9.17, 15) is 0 Å². The van der Waals surface area contributed by atoms with E-state index in [4.69, 9.17) is 5.84 Å². The van der Waals surface area contributed by atoms with Crippen molar-refractivity contribution in [1.82, 2.24) is 15.2 Å². The van der Waals surface area contributed by atoms with Crippen LogP contribution in [0.15, 0.2) is 39.4 Å². The number of hydrogen-bond donors (Lipinski definition) is 2. The van der Waals surface area contributed by atoms with Gasteiger partial charge in [-0.1, -0.05) is 38.8 Å². The molecule has 3 N–H and O–H groups in total. The first-order valence-electron chi connectivity index (χ1n) is 6.10. The standard InChI is InChI=1S/C13H16Br2N4/c1-2-7-19-12(5-6-17-19)13(18-16)10-8-9(14)3-4-11(10)15/h3-6,8,13,18H,2,7,16H2,1H3. The summed E-state index contributed by atoms with van der Waals surface area (Å²) < 4.78 is 4.02. The van der Waals surface area contributed by atoms with Crippen molar-refractivity contribution in [3.63, 3.8) is 0 Å². The van der Waals surface area contributed by atoms with Gasteiger partial charge in [0.25, 0.3) is 0 Å². The molecule has 0 aliphatic heterocycles. The van der Waals surface area contributed by atoms with E-state index in [1.54, 1.807) is 6.20 Å². The largest absolute Gasteiger partial charge is 0.271 e. The van der Waals surface area contributed by atoms with Gasteiger partial charge in [-0.15, -0.1) is 0 Å². The molecule has 4 nitrogen and oxygen atoms in total. The summed E-state index contributed by atoms with van der Waals surface area (Å²) in [5.74, 6) is 5.75. The Morgan fingerprint density at radius 3 is 2.84 bits per heavy atom. The lowest BCUT2D eigenvalue weighted by molar-refractivity contribution is 0.520. The monoisotopic (exact) mass is 386 g/mol. The van der Waals surface area contributed by atoms with Crippen LogP contribution in [-0.2, 0) is 6.54 Å². The molecule has 0 amide bonds. The second-order valence-corrected chi connectivity index (χ2v) is 6.01. The molecule has 1 heterocycles. The minimum atomic E-state index is -0.0964. The van der Waals surface area contributed by atoms with Crippen LogP contribution in [0.1, 0.15) is 30.6 Å². The van der Waals surface area contributed by atoms with Gasteiger partial charge in [-0.3, -0.25) is 10.5 Å². The summed E-state index contributed by atoms with van der Waals surface area (Å²) >= 11 is 7.07. The van der Waals surface area contributed by atoms with Crippen LogP contribution in [0.4, 0.5) is 0 Å². The lowest BCUT2D eigenvalue weighted by Crippen LogP contribution is -2.31. The smallest absolute Gasteiger partial charge is 0.0889 e. The third-order valence-corrected chi connectivity index (χ3v) is 4.13. The zero-order chi connectivity index (χ0) is 13.8. The van der Waals surface area contributed by atoms with Gasteiger partial charge in [0.1, 0.15) is 0 Å². The van der Waals surface area contributed by atoms with Crippen molar-refractivity contribution in [2.24, 2.45) is 5.84 Å². The molecule has 1 atom stereocenters. The number of aromatic nitrogens is 2. The molecule has 0 saturated heterocycles. The fraction of sp³-hybridized carbons (Fsp3) is 0.308. The average Bonchev–Trinajstić information content (AvgIpc) is 2.83. The maximum Gasteiger partial charge on any atom is 0.0889 e. The Labute approximate surface area is 129 Å². The van der Waals surface area contributed by atoms with Crippen LogP contribution in [-0.4, -0.2) is 9.78 Å². The van der Waals surface area contributed by atoms with E-state index in [1.807, 2.05) is 22.9 Å². The summed E-state index contributed by atoms with van der Waals surface area (Å²) in [6.07, 6.45) is 2.84. The highest BCUT2D eigenvalue weighted by molar-refractivity contribution is 9.11. The third-order valence-electron chi connectivity index (χ3n) is 2.92. The molecule has 1 aromatic heterocycles. The van der Waals surface area contributed by atoms with Crippen molar-refractivity contribution >= 4 is 31.9 Å². The van der Waals surface area contributed by atoms with Gasteiger partial charge < -0.3 is 0 Å². The molecule has 19 heavy (non-hydrogen) atoms. The van der Waals surface area contributed by atoms with Crippen molar-refractivity contribution in [3.05, 3.63) is 50.7 Å². The average molecular weight is 388 g/mol. The Morgan fingerprint density at radius 2 is 2.16 bits per heavy atom. The molecule has 0 bridgehead atoms. The maximum absolute atomic E-state index is 5.75. The van der Waals surface area contributed by atoms with Gasteiger partial charge in [0.15, 0.2) is 0 Å². The Hall–Kier alpha value is -0.690. The van der Waals surface area contributed by atoms with E-state index in [1.165, 1.54) is 0 Å². The summed E-state index contributed by atoms with van der Waals surface area (Å²) in [7, 11) is 0. The van der Waals surface area contributed by atoms with Crippen molar-refractivity contribution in [1.29, 1.82) is 0 Å². The fourth-order valence-electron chi connectivity index (χ4n) is 2.06. The minimum Gasteiger partial charge on any atom is -0.271 e. The van der Waals surface area contributed by atoms with Crippen LogP contribution >= 0.6 is 31.9 Å². The zero-order valence-electron chi connectivity index (χ0n) is 10.6. The van der Waals surface area contributed by atoms with Gasteiger partial charge in [-0.05, 0) is 36.2 Å². The van der Waals surface area contributed by atoms with Crippen LogP contribution in [0, 0.1) is 0 Å². The van der Waals surface area contributed by atoms with Crippen LogP contribution < -0.4 is 11.3 Å². The second kappa shape index (κ2) is 6.65. The van der Waals surface area contributed by atoms with Gasteiger partial charge in [-0.25, -0.2) is 5.43 Å². The molecule has 1 unspecified atom stereocenters. The molecular weight excluding hydrogens is 372 g/mol. The molecule has 0 aliphatic rings. The summed E-state index contributed by atoms with van der Waals surface area (Å²) in [6.45, 7) is 3.01. The number of benzene rings is 1. The SMILES string of the molecule is CCCn1nccc1C(NN)c1cc(Br)ccc1Br. The first-order valence-corrected chi connectivity index (χ1v) is 7.68. The van der Waals surface area contributed by atoms with Crippen LogP contribution in [0.25, 0.3) is 0 Å². The molecule has 0 spiro atoms. The highest BCUT2D eigenvalue weighted by atomic mass is 79.9. The first-order chi connectivity index (χ1) is 9.17. The molecule has 102 valence electrons. The Morgan fingerprint density at radius 1 is 1.37 bits per heavy atom. The van der Waals surface area contributed by atoms with Gasteiger partial charge >= 0.3 is 0 Å². The topological polar surface area (TPSA) is 55.9 Å². The number of rotatable bonds is 5. The van der Waals surface area contributed by atoms with E-state index in [0.717, 1.165) is 33.2 Å². The zero-order valence-corrected chi connectivity index (χ0v) is 13.8. The quantitative estimate of drug-likeness (QED) is 0.610. The van der Waals surface area contributed by atoms with Crippen molar-refractivity contribution in [2.75, 3.05) is 0 Å². The number of hydrogen-bond acceptors (Lipinski definition) is 3. The molecule has 1 aromatic carbocycles. The van der Waals surface area contributed by atoms with Crippen LogP contribution in [0.5, 0.6) is 0 Å². The number of nitrogens with zero attached hydrogens (tertiary/aromatic N) is 2. The highest BCUT2D eigenvalue weighted by Gasteiger charge is 2.19. The van der Waals surface area contributed by atoms with E-state index in [2.05, 4.69) is 55.4 Å². The molecule has 0 radical (unpaired) electrons. The molecule has 0 aliphatic carbocycles. The number of hydrazine groups is 1. The molecule has 2 aromatic rings. The summed E-state index contributed by atoms with van der Waals surface area (Å²) in [5.41, 5.74) is 5.01. The molecule has 0 fully saturated rings. The fourth-order valence-corrected chi connectivity index (χ4v) is 2.91. The molecular formula is C13H16Br2N4. The van der Waals surface area contributed by atoms with Crippen LogP contribution in [0.2, 0.25) is 0 Å². The molecule has 6 heteroatoms. The van der Waals surface area contributed by atoms with E-state index in [-0.39, 0.29) is 6.04 Å². The third kappa shape index (κ3) is 3.25. The Balaban J connectivity index is 2.44. The molecule has 0 saturated carbocycles. The predicted octanol–water partition coefficient (Wildman–Crippen LogP) is 3.37. The number of aryl methyl sites for hydroxylation is 1. The van der Waals surface area contributed by atoms with Crippen LogP contribution in [0.3, 0.4) is 0 Å². The molecule has 2 rings (SSSR count). The predicted molar refractivity (Wildman–Crippen MR) is 83.5 cm³/mol. The Bertz CT molecular complexity index is 553. The lowest BCUT2D eigenvalue weighted by Gasteiger charge is -2.19. The van der Waals surface area contributed by atoms with Gasteiger partial charge in [0.2, 0.25) is 0 Å². The minimum absolute atomic E-state index is 0.0964. The maximum atomic E-state index is 5.75. The normalized spacial score (nSPS) is 12.6. The lowest BCUT2D eigenvalue weighted by atomic mass is 10.0. The van der Waals surface area contributed by atoms with E-state index in [0.29, 0.717) is 0 Å². The number of nitrogens with one attached hydrogen (secondary N) is 1. The second-order valence-electron chi connectivity index (χ2n) is 4.24. The summed E-state index contributed by atoms with van der Waals surface area (Å²) in [5, 5.41) is 4.35. The number of nitrogens with two attached hydrogens (primary N) is 1. The van der Waals surface area contributed by atoms with E-state index < -0.39 is 0 Å². The summed E-state index contributed by atoms with van der Waals surface area (Å²) in [4.78, 5) is 0. The van der Waals surface area contributed by atoms with Gasteiger partial charge in [-0.2, -0.15) is 5.10 Å². The first kappa shape index (κ1) is 14.7. The van der Waals surface area contributed by atoms with E-state index >= 15 is 0 Å². The summed E-state index contributed by atoms with van der Waals surface area (Å²) in [6, 6.07) is 7.95.